The second kappa shape index (κ2) is 14.6. The Kier molecular flexibility index (Phi) is 11.1. The van der Waals surface area contributed by atoms with Crippen LogP contribution in [0.4, 0.5) is 5.69 Å². The summed E-state index contributed by atoms with van der Waals surface area (Å²) in [5.74, 6) is -2.10. The number of likely N-dealkylation sites (tertiary alicyclic amines) is 1. The van der Waals surface area contributed by atoms with Crippen LogP contribution in [0.2, 0.25) is 0 Å². The van der Waals surface area contributed by atoms with Crippen LogP contribution >= 0.6 is 15.9 Å². The molecule has 2 aromatic carbocycles. The van der Waals surface area contributed by atoms with E-state index in [1.165, 1.54) is 4.90 Å². The topological polar surface area (TPSA) is 99.6 Å². The summed E-state index contributed by atoms with van der Waals surface area (Å²) in [6.45, 7) is 20.8. The normalized spacial score (nSPS) is 26.4. The molecule has 9 nitrogen and oxygen atoms in total. The molecule has 0 saturated carbocycles. The molecular formula is C40H52BrN3O6. The van der Waals surface area contributed by atoms with Gasteiger partial charge in [-0.2, -0.15) is 0 Å². The first-order chi connectivity index (χ1) is 23.7. The monoisotopic (exact) mass is 749 g/mol. The maximum Gasteiger partial charge on any atom is 0.249 e. The van der Waals surface area contributed by atoms with Crippen molar-refractivity contribution in [3.63, 3.8) is 0 Å². The average Bonchev–Trinajstić information content (AvgIpc) is 3.65. The molecule has 0 aliphatic carbocycles. The third-order valence-electron chi connectivity index (χ3n) is 10.2. The summed E-state index contributed by atoms with van der Waals surface area (Å²) >= 11 is 3.82. The van der Waals surface area contributed by atoms with E-state index in [-0.39, 0.29) is 41.1 Å². The van der Waals surface area contributed by atoms with Crippen molar-refractivity contribution in [2.24, 2.45) is 17.3 Å². The van der Waals surface area contributed by atoms with Crippen LogP contribution in [0.1, 0.15) is 66.0 Å². The summed E-state index contributed by atoms with van der Waals surface area (Å²) in [5, 5.41) is 11.0. The molecule has 3 fully saturated rings. The van der Waals surface area contributed by atoms with Gasteiger partial charge in [0.05, 0.1) is 37.2 Å². The highest BCUT2D eigenvalue weighted by Gasteiger charge is 2.77. The standard InChI is InChI=1S/C40H52BrN3O6/c1-9-21-42(27-17-19-28(20-18-27)49-11-3)35(46)31-32-36(47)44(30(24-45)26-15-13-12-14-16-26)34(40(32)23-29(41)33(31)50-40)37(48)43(22-10-2)39(7,8)25-38(4,5)6/h9-10,12-20,29-34,45H,1-2,11,21-25H2,3-8H3/t29?,30-,31+,32+,33+,34?,40?/m1/s1. The van der Waals surface area contributed by atoms with Crippen LogP contribution < -0.4 is 9.64 Å². The van der Waals surface area contributed by atoms with Gasteiger partial charge in [0.15, 0.2) is 0 Å². The van der Waals surface area contributed by atoms with Crippen LogP contribution in [-0.4, -0.2) is 87.0 Å². The van der Waals surface area contributed by atoms with E-state index in [0.717, 1.165) is 0 Å². The molecule has 2 bridgehead atoms. The number of benzene rings is 2. The first kappa shape index (κ1) is 37.8. The van der Waals surface area contributed by atoms with Crippen LogP contribution in [0.5, 0.6) is 5.75 Å². The molecule has 0 aromatic heterocycles. The number of fused-ring (bicyclic) bond motifs is 1. The van der Waals surface area contributed by atoms with Gasteiger partial charge < -0.3 is 29.3 Å². The molecule has 1 N–H and O–H groups in total. The molecule has 10 heteroatoms. The maximum atomic E-state index is 15.3. The van der Waals surface area contributed by atoms with Crippen molar-refractivity contribution < 1.29 is 29.0 Å². The molecule has 270 valence electrons. The van der Waals surface area contributed by atoms with E-state index in [0.29, 0.717) is 36.4 Å². The Morgan fingerprint density at radius 2 is 1.70 bits per heavy atom. The van der Waals surface area contributed by atoms with Crippen LogP contribution in [0.25, 0.3) is 0 Å². The number of aliphatic hydroxyl groups excluding tert-OH is 1. The summed E-state index contributed by atoms with van der Waals surface area (Å²) < 4.78 is 12.5. The number of hydrogen-bond donors (Lipinski definition) is 1. The molecule has 5 rings (SSSR count). The van der Waals surface area contributed by atoms with Gasteiger partial charge >= 0.3 is 0 Å². The lowest BCUT2D eigenvalue weighted by atomic mass is 9.69. The molecular weight excluding hydrogens is 698 g/mol. The third kappa shape index (κ3) is 6.78. The van der Waals surface area contributed by atoms with Gasteiger partial charge in [-0.1, -0.05) is 79.2 Å². The van der Waals surface area contributed by atoms with Crippen molar-refractivity contribution >= 4 is 39.3 Å². The van der Waals surface area contributed by atoms with Gasteiger partial charge in [0, 0.05) is 29.1 Å². The van der Waals surface area contributed by atoms with E-state index in [1.54, 1.807) is 22.0 Å². The molecule has 0 radical (unpaired) electrons. The number of carbonyl (C=O) groups is 3. The molecule has 3 heterocycles. The van der Waals surface area contributed by atoms with Gasteiger partial charge in [-0.3, -0.25) is 14.4 Å². The molecule has 1 spiro atoms. The summed E-state index contributed by atoms with van der Waals surface area (Å²) in [6, 6.07) is 14.6. The summed E-state index contributed by atoms with van der Waals surface area (Å²) in [7, 11) is 0. The van der Waals surface area contributed by atoms with Crippen LogP contribution in [-0.2, 0) is 19.1 Å². The number of ether oxygens (including phenoxy) is 2. The van der Waals surface area contributed by atoms with E-state index in [1.807, 2.05) is 75.4 Å². The highest BCUT2D eigenvalue weighted by molar-refractivity contribution is 9.09. The number of rotatable bonds is 14. The second-order valence-corrected chi connectivity index (χ2v) is 16.6. The van der Waals surface area contributed by atoms with Crippen molar-refractivity contribution in [3.8, 4) is 5.75 Å². The predicted octanol–water partition coefficient (Wildman–Crippen LogP) is 6.32. The Hall–Kier alpha value is -3.47. The van der Waals surface area contributed by atoms with Gasteiger partial charge in [-0.25, -0.2) is 0 Å². The van der Waals surface area contributed by atoms with Gasteiger partial charge in [-0.15, -0.1) is 13.2 Å². The molecule has 3 aliphatic heterocycles. The Bertz CT molecular complexity index is 1570. The van der Waals surface area contributed by atoms with Crippen molar-refractivity contribution in [2.75, 3.05) is 31.2 Å². The summed E-state index contributed by atoms with van der Waals surface area (Å²) in [5.41, 5.74) is -0.719. The minimum absolute atomic E-state index is 0.108. The number of carbonyl (C=O) groups excluding carboxylic acids is 3. The van der Waals surface area contributed by atoms with Gasteiger partial charge in [0.1, 0.15) is 17.4 Å². The molecule has 3 amide bonds. The van der Waals surface area contributed by atoms with Crippen molar-refractivity contribution in [1.29, 1.82) is 0 Å². The third-order valence-corrected chi connectivity index (χ3v) is 11.1. The van der Waals surface area contributed by atoms with Crippen LogP contribution in [0.3, 0.4) is 0 Å². The van der Waals surface area contributed by atoms with Crippen molar-refractivity contribution in [2.45, 2.75) is 88.5 Å². The molecule has 3 aliphatic rings. The molecule has 50 heavy (non-hydrogen) atoms. The number of nitrogens with zero attached hydrogens (tertiary/aromatic N) is 3. The largest absolute Gasteiger partial charge is 0.494 e. The lowest BCUT2D eigenvalue weighted by Crippen LogP contribution is -2.61. The zero-order chi connectivity index (χ0) is 36.6. The first-order valence-corrected chi connectivity index (χ1v) is 18.4. The number of hydrogen-bond acceptors (Lipinski definition) is 6. The Labute approximate surface area is 305 Å². The number of alkyl halides is 1. The van der Waals surface area contributed by atoms with Crippen LogP contribution in [0, 0.1) is 17.3 Å². The SMILES string of the molecule is C=CCN(C(=O)[C@H]1[C@H]2C(=O)N([C@H](CO)c3ccccc3)C(C(=O)N(CC=C)C(C)(C)CC(C)(C)C)C23CC(Br)[C@@H]1O3)c1ccc(OCC)cc1. The zero-order valence-corrected chi connectivity index (χ0v) is 31.8. The summed E-state index contributed by atoms with van der Waals surface area (Å²) in [6.07, 6.45) is 3.74. The van der Waals surface area contributed by atoms with Gasteiger partial charge in [0.25, 0.3) is 0 Å². The van der Waals surface area contributed by atoms with Crippen LogP contribution in [0.15, 0.2) is 79.9 Å². The van der Waals surface area contributed by atoms with Gasteiger partial charge in [-0.05, 0) is 68.9 Å². The Balaban J connectivity index is 1.64. The lowest BCUT2D eigenvalue weighted by Gasteiger charge is -2.46. The van der Waals surface area contributed by atoms with E-state index >= 15 is 9.59 Å². The number of amides is 3. The maximum absolute atomic E-state index is 15.3. The van der Waals surface area contributed by atoms with E-state index in [4.69, 9.17) is 9.47 Å². The summed E-state index contributed by atoms with van der Waals surface area (Å²) in [4.78, 5) is 49.9. The smallest absolute Gasteiger partial charge is 0.249 e. The molecule has 2 aromatic rings. The van der Waals surface area contributed by atoms with E-state index in [9.17, 15) is 9.90 Å². The highest BCUT2D eigenvalue weighted by atomic mass is 79.9. The van der Waals surface area contributed by atoms with E-state index < -0.39 is 47.8 Å². The predicted molar refractivity (Wildman–Crippen MR) is 199 cm³/mol. The van der Waals surface area contributed by atoms with Crippen molar-refractivity contribution in [3.05, 3.63) is 85.5 Å². The fourth-order valence-corrected chi connectivity index (χ4v) is 9.76. The minimum Gasteiger partial charge on any atom is -0.494 e. The number of halogens is 1. The second-order valence-electron chi connectivity index (χ2n) is 15.5. The molecule has 3 unspecified atom stereocenters. The minimum atomic E-state index is -1.31. The Morgan fingerprint density at radius 3 is 2.26 bits per heavy atom. The zero-order valence-electron chi connectivity index (χ0n) is 30.2. The number of anilines is 1. The first-order valence-electron chi connectivity index (χ1n) is 17.5. The fraction of sp³-hybridized carbons (Fsp3) is 0.525. The van der Waals surface area contributed by atoms with Gasteiger partial charge in [0.2, 0.25) is 17.7 Å². The lowest BCUT2D eigenvalue weighted by molar-refractivity contribution is -0.155. The van der Waals surface area contributed by atoms with Crippen molar-refractivity contribution in [1.82, 2.24) is 9.80 Å². The van der Waals surface area contributed by atoms with E-state index in [2.05, 4.69) is 49.9 Å². The average molecular weight is 751 g/mol. The quantitative estimate of drug-likeness (QED) is 0.180. The molecule has 3 saturated heterocycles. The number of aliphatic hydroxyl groups is 1. The fourth-order valence-electron chi connectivity index (χ4n) is 8.82. The Morgan fingerprint density at radius 1 is 1.06 bits per heavy atom. The highest BCUT2D eigenvalue weighted by Crippen LogP contribution is 2.62. The molecule has 7 atom stereocenters.